The molecule has 2 heteroatoms. The van der Waals surface area contributed by atoms with Crippen LogP contribution in [0.2, 0.25) is 0 Å². The molecule has 0 saturated carbocycles. The zero-order valence-electron chi connectivity index (χ0n) is 10.7. The minimum absolute atomic E-state index is 0.188. The van der Waals surface area contributed by atoms with Gasteiger partial charge in [-0.15, -0.1) is 0 Å². The largest absolute Gasteiger partial charge is 0.361 e. The van der Waals surface area contributed by atoms with Gasteiger partial charge in [0.2, 0.25) is 0 Å². The summed E-state index contributed by atoms with van der Waals surface area (Å²) in [4.78, 5) is 2.49. The van der Waals surface area contributed by atoms with E-state index in [1.165, 1.54) is 0 Å². The summed E-state index contributed by atoms with van der Waals surface area (Å²) in [6.07, 6.45) is 0.248. The first-order chi connectivity index (χ1) is 6.14. The molecule has 1 saturated heterocycles. The predicted molar refractivity (Wildman–Crippen MR) is 60.2 cm³/mol. The van der Waals surface area contributed by atoms with Crippen molar-refractivity contribution in [3.05, 3.63) is 0 Å². The number of nitrogens with zero attached hydrogens (tertiary/aromatic N) is 1. The Labute approximate surface area is 88.6 Å². The van der Waals surface area contributed by atoms with Crippen molar-refractivity contribution in [1.29, 1.82) is 0 Å². The first kappa shape index (κ1) is 12.0. The number of hydrogen-bond acceptors (Lipinski definition) is 2. The third kappa shape index (κ3) is 2.29. The summed E-state index contributed by atoms with van der Waals surface area (Å²) in [6, 6.07) is 0.527. The Hall–Kier alpha value is -0.0800. The van der Waals surface area contributed by atoms with Crippen LogP contribution in [-0.4, -0.2) is 29.3 Å². The smallest absolute Gasteiger partial charge is 0.116 e. The van der Waals surface area contributed by atoms with Crippen LogP contribution in [0.5, 0.6) is 0 Å². The molecule has 0 spiro atoms. The predicted octanol–water partition coefficient (Wildman–Crippen LogP) is 2.88. The van der Waals surface area contributed by atoms with Gasteiger partial charge in [0.05, 0.1) is 6.61 Å². The summed E-state index contributed by atoms with van der Waals surface area (Å²) in [7, 11) is 0. The molecule has 0 amide bonds. The molecular formula is C12H25NO. The Kier molecular flexibility index (Phi) is 2.99. The number of hydrogen-bond donors (Lipinski definition) is 0. The molecular weight excluding hydrogens is 174 g/mol. The van der Waals surface area contributed by atoms with Crippen LogP contribution in [0.3, 0.4) is 0 Å². The molecule has 2 atom stereocenters. The molecule has 0 radical (unpaired) electrons. The van der Waals surface area contributed by atoms with Crippen molar-refractivity contribution in [2.24, 2.45) is 5.41 Å². The van der Waals surface area contributed by atoms with Crippen molar-refractivity contribution in [3.8, 4) is 0 Å². The van der Waals surface area contributed by atoms with Gasteiger partial charge in [-0.05, 0) is 27.7 Å². The molecule has 0 aromatic carbocycles. The fraction of sp³-hybridized carbons (Fsp3) is 1.00. The monoisotopic (exact) mass is 199 g/mol. The molecule has 0 aliphatic carbocycles. The molecule has 1 aliphatic rings. The van der Waals surface area contributed by atoms with Gasteiger partial charge in [-0.25, -0.2) is 0 Å². The van der Waals surface area contributed by atoms with Crippen LogP contribution >= 0.6 is 0 Å². The van der Waals surface area contributed by atoms with E-state index in [2.05, 4.69) is 53.4 Å². The summed E-state index contributed by atoms with van der Waals surface area (Å²) in [5.41, 5.74) is 0.381. The Morgan fingerprint density at radius 3 is 1.86 bits per heavy atom. The average Bonchev–Trinajstić information content (AvgIpc) is 2.27. The van der Waals surface area contributed by atoms with E-state index in [9.17, 15) is 0 Å². The Morgan fingerprint density at radius 2 is 1.57 bits per heavy atom. The second-order valence-electron chi connectivity index (χ2n) is 6.48. The molecule has 84 valence electrons. The summed E-state index contributed by atoms with van der Waals surface area (Å²) < 4.78 is 5.89. The molecule has 1 rings (SSSR count). The maximum absolute atomic E-state index is 5.89. The van der Waals surface area contributed by atoms with E-state index < -0.39 is 0 Å². The zero-order chi connectivity index (χ0) is 11.1. The van der Waals surface area contributed by atoms with Gasteiger partial charge in [0, 0.05) is 17.0 Å². The van der Waals surface area contributed by atoms with Crippen LogP contribution in [0.1, 0.15) is 48.5 Å². The van der Waals surface area contributed by atoms with Gasteiger partial charge in [0.1, 0.15) is 6.23 Å². The lowest BCUT2D eigenvalue weighted by atomic mass is 9.90. The minimum atomic E-state index is 0.188. The molecule has 2 nitrogen and oxygen atoms in total. The van der Waals surface area contributed by atoms with Crippen LogP contribution in [0.25, 0.3) is 0 Å². The van der Waals surface area contributed by atoms with Gasteiger partial charge >= 0.3 is 0 Å². The quantitative estimate of drug-likeness (QED) is 0.595. The van der Waals surface area contributed by atoms with Crippen LogP contribution in [0, 0.1) is 5.41 Å². The Balaban J connectivity index is 2.88. The van der Waals surface area contributed by atoms with Crippen molar-refractivity contribution in [3.63, 3.8) is 0 Å². The maximum atomic E-state index is 5.89. The highest BCUT2D eigenvalue weighted by Gasteiger charge is 2.44. The lowest BCUT2D eigenvalue weighted by Gasteiger charge is -2.43. The molecule has 0 aromatic heterocycles. The van der Waals surface area contributed by atoms with Crippen molar-refractivity contribution >= 4 is 0 Å². The summed E-state index contributed by atoms with van der Waals surface area (Å²) in [6.45, 7) is 16.6. The molecule has 2 unspecified atom stereocenters. The highest BCUT2D eigenvalue weighted by Crippen LogP contribution is 2.36. The van der Waals surface area contributed by atoms with Crippen molar-refractivity contribution in [2.45, 2.75) is 66.3 Å². The normalized spacial score (nSPS) is 31.1. The second-order valence-corrected chi connectivity index (χ2v) is 6.48. The minimum Gasteiger partial charge on any atom is -0.361 e. The highest BCUT2D eigenvalue weighted by molar-refractivity contribution is 4.92. The van der Waals surface area contributed by atoms with Crippen molar-refractivity contribution in [2.75, 3.05) is 6.61 Å². The third-order valence-electron chi connectivity index (χ3n) is 2.74. The van der Waals surface area contributed by atoms with Crippen LogP contribution in [0.15, 0.2) is 0 Å². The zero-order valence-corrected chi connectivity index (χ0v) is 10.7. The van der Waals surface area contributed by atoms with E-state index in [4.69, 9.17) is 4.74 Å². The Bertz CT molecular complexity index is 199. The molecule has 14 heavy (non-hydrogen) atoms. The van der Waals surface area contributed by atoms with Crippen molar-refractivity contribution in [1.82, 2.24) is 4.90 Å². The van der Waals surface area contributed by atoms with Crippen LogP contribution in [0.4, 0.5) is 0 Å². The molecule has 0 N–H and O–H groups in total. The van der Waals surface area contributed by atoms with Gasteiger partial charge in [0.15, 0.2) is 0 Å². The number of ether oxygens (including phenoxy) is 1. The van der Waals surface area contributed by atoms with Gasteiger partial charge in [0.25, 0.3) is 0 Å². The number of rotatable bonds is 0. The molecule has 0 aromatic rings. The SMILES string of the molecule is CC1COC(C(C)(C)C)N1C(C)(C)C. The lowest BCUT2D eigenvalue weighted by Crippen LogP contribution is -2.52. The van der Waals surface area contributed by atoms with E-state index in [0.717, 1.165) is 6.61 Å². The van der Waals surface area contributed by atoms with Gasteiger partial charge in [-0.1, -0.05) is 20.8 Å². The third-order valence-corrected chi connectivity index (χ3v) is 2.74. The van der Waals surface area contributed by atoms with Gasteiger partial charge < -0.3 is 4.74 Å². The highest BCUT2D eigenvalue weighted by atomic mass is 16.5. The summed E-state index contributed by atoms with van der Waals surface area (Å²) >= 11 is 0. The van der Waals surface area contributed by atoms with E-state index in [-0.39, 0.29) is 17.2 Å². The standard InChI is InChI=1S/C12H25NO/c1-9-8-14-10(11(2,3)4)13(9)12(5,6)7/h9-10H,8H2,1-7H3. The topological polar surface area (TPSA) is 12.5 Å². The first-order valence-corrected chi connectivity index (χ1v) is 5.54. The van der Waals surface area contributed by atoms with Crippen molar-refractivity contribution < 1.29 is 4.74 Å². The molecule has 1 heterocycles. The second kappa shape index (κ2) is 3.49. The van der Waals surface area contributed by atoms with Crippen LogP contribution < -0.4 is 0 Å². The lowest BCUT2D eigenvalue weighted by molar-refractivity contribution is -0.0819. The van der Waals surface area contributed by atoms with Crippen LogP contribution in [-0.2, 0) is 4.74 Å². The Morgan fingerprint density at radius 1 is 1.07 bits per heavy atom. The van der Waals surface area contributed by atoms with E-state index in [1.807, 2.05) is 0 Å². The van der Waals surface area contributed by atoms with E-state index in [1.54, 1.807) is 0 Å². The fourth-order valence-corrected chi connectivity index (χ4v) is 2.30. The van der Waals surface area contributed by atoms with E-state index >= 15 is 0 Å². The van der Waals surface area contributed by atoms with Gasteiger partial charge in [-0.2, -0.15) is 0 Å². The molecule has 1 fully saturated rings. The average molecular weight is 199 g/mol. The molecule has 1 aliphatic heterocycles. The summed E-state index contributed by atoms with van der Waals surface area (Å²) in [5.74, 6) is 0. The maximum Gasteiger partial charge on any atom is 0.116 e. The van der Waals surface area contributed by atoms with Gasteiger partial charge in [-0.3, -0.25) is 4.90 Å². The molecule has 0 bridgehead atoms. The first-order valence-electron chi connectivity index (χ1n) is 5.54. The van der Waals surface area contributed by atoms with E-state index in [0.29, 0.717) is 6.04 Å². The fourth-order valence-electron chi connectivity index (χ4n) is 2.30. The summed E-state index contributed by atoms with van der Waals surface area (Å²) in [5, 5.41) is 0.